The molecule has 1 atom stereocenters. The van der Waals surface area contributed by atoms with Crippen molar-refractivity contribution in [2.75, 3.05) is 19.8 Å². The lowest BCUT2D eigenvalue weighted by Crippen LogP contribution is -2.35. The highest BCUT2D eigenvalue weighted by atomic mass is 16.5. The molecule has 28 heavy (non-hydrogen) atoms. The standard InChI is InChI=1S/C21H22N4O3/c1-14(26)23-10-7-20-18(12-23)21(22-25(20)15-8-11-28-13-15)17-4-2-6-19-16(17)5-3-9-24(19)27/h2-6,9,15H,7-8,10-13H2,1H3/t15-/m0/s1. The van der Waals surface area contributed by atoms with Crippen LogP contribution in [0.4, 0.5) is 0 Å². The van der Waals surface area contributed by atoms with E-state index in [2.05, 4.69) is 4.68 Å². The van der Waals surface area contributed by atoms with Gasteiger partial charge in [0.1, 0.15) is 0 Å². The van der Waals surface area contributed by atoms with E-state index in [9.17, 15) is 10.0 Å². The van der Waals surface area contributed by atoms with E-state index >= 15 is 0 Å². The van der Waals surface area contributed by atoms with Gasteiger partial charge in [-0.1, -0.05) is 12.1 Å². The van der Waals surface area contributed by atoms with Crippen LogP contribution in [0.3, 0.4) is 0 Å². The maximum atomic E-state index is 12.2. The molecule has 0 saturated carbocycles. The Balaban J connectivity index is 1.72. The highest BCUT2D eigenvalue weighted by Crippen LogP contribution is 2.36. The summed E-state index contributed by atoms with van der Waals surface area (Å²) in [5.74, 6) is 0.0730. The van der Waals surface area contributed by atoms with E-state index in [0.29, 0.717) is 25.2 Å². The second-order valence-corrected chi connectivity index (χ2v) is 7.50. The third-order valence-corrected chi connectivity index (χ3v) is 5.84. The zero-order valence-electron chi connectivity index (χ0n) is 15.8. The molecule has 1 aromatic carbocycles. The van der Waals surface area contributed by atoms with Crippen molar-refractivity contribution >= 4 is 16.8 Å². The molecule has 2 aliphatic rings. The summed E-state index contributed by atoms with van der Waals surface area (Å²) >= 11 is 0. The fourth-order valence-corrected chi connectivity index (χ4v) is 4.37. The van der Waals surface area contributed by atoms with Crippen LogP contribution in [0.2, 0.25) is 0 Å². The zero-order valence-corrected chi connectivity index (χ0v) is 15.8. The molecule has 144 valence electrons. The van der Waals surface area contributed by atoms with Crippen molar-refractivity contribution < 1.29 is 14.3 Å². The van der Waals surface area contributed by atoms with Gasteiger partial charge in [0.2, 0.25) is 11.4 Å². The molecule has 5 rings (SSSR count). The fraction of sp³-hybridized carbons (Fsp3) is 0.381. The van der Waals surface area contributed by atoms with Crippen molar-refractivity contribution in [3.63, 3.8) is 0 Å². The highest BCUT2D eigenvalue weighted by Gasteiger charge is 2.31. The molecular weight excluding hydrogens is 356 g/mol. The summed E-state index contributed by atoms with van der Waals surface area (Å²) in [6, 6.07) is 9.66. The number of pyridine rings is 1. The first-order chi connectivity index (χ1) is 13.6. The zero-order chi connectivity index (χ0) is 19.3. The van der Waals surface area contributed by atoms with Crippen LogP contribution in [-0.4, -0.2) is 40.3 Å². The van der Waals surface area contributed by atoms with Crippen LogP contribution in [0.25, 0.3) is 22.2 Å². The predicted octanol–water partition coefficient (Wildman–Crippen LogP) is 2.20. The Morgan fingerprint density at radius 3 is 3.00 bits per heavy atom. The minimum absolute atomic E-state index is 0.0730. The number of carbonyl (C=O) groups excluding carboxylic acids is 1. The van der Waals surface area contributed by atoms with E-state index in [4.69, 9.17) is 9.84 Å². The Hall–Kier alpha value is -2.93. The minimum Gasteiger partial charge on any atom is -0.618 e. The number of hydrogen-bond donors (Lipinski definition) is 0. The van der Waals surface area contributed by atoms with Crippen molar-refractivity contribution in [1.29, 1.82) is 0 Å². The molecule has 7 heteroatoms. The van der Waals surface area contributed by atoms with Gasteiger partial charge in [-0.25, -0.2) is 0 Å². The molecule has 1 fully saturated rings. The summed E-state index contributed by atoms with van der Waals surface area (Å²) in [4.78, 5) is 13.9. The lowest BCUT2D eigenvalue weighted by molar-refractivity contribution is -0.577. The highest BCUT2D eigenvalue weighted by molar-refractivity contribution is 5.93. The summed E-state index contributed by atoms with van der Waals surface area (Å²) in [5.41, 5.74) is 4.69. The van der Waals surface area contributed by atoms with Gasteiger partial charge in [-0.2, -0.15) is 9.83 Å². The van der Waals surface area contributed by atoms with Crippen molar-refractivity contribution in [3.8, 4) is 11.3 Å². The Morgan fingerprint density at radius 1 is 1.32 bits per heavy atom. The summed E-state index contributed by atoms with van der Waals surface area (Å²) < 4.78 is 8.59. The van der Waals surface area contributed by atoms with Gasteiger partial charge in [0, 0.05) is 62.0 Å². The fourth-order valence-electron chi connectivity index (χ4n) is 4.37. The molecule has 0 bridgehead atoms. The number of nitrogens with zero attached hydrogens (tertiary/aromatic N) is 4. The van der Waals surface area contributed by atoms with E-state index in [1.54, 1.807) is 13.0 Å². The molecule has 1 amide bonds. The lowest BCUT2D eigenvalue weighted by Gasteiger charge is -2.27. The first-order valence-electron chi connectivity index (χ1n) is 9.68. The number of aromatic nitrogens is 3. The number of hydrogen-bond acceptors (Lipinski definition) is 4. The molecule has 0 N–H and O–H groups in total. The van der Waals surface area contributed by atoms with E-state index in [1.807, 2.05) is 29.2 Å². The summed E-state index contributed by atoms with van der Waals surface area (Å²) in [7, 11) is 0. The van der Waals surface area contributed by atoms with Crippen molar-refractivity contribution in [2.24, 2.45) is 0 Å². The Labute approximate surface area is 162 Å². The maximum absolute atomic E-state index is 12.2. The number of amides is 1. The van der Waals surface area contributed by atoms with Crippen molar-refractivity contribution in [2.45, 2.75) is 32.4 Å². The largest absolute Gasteiger partial charge is 0.618 e. The quantitative estimate of drug-likeness (QED) is 0.506. The van der Waals surface area contributed by atoms with Crippen LogP contribution >= 0.6 is 0 Å². The maximum Gasteiger partial charge on any atom is 0.224 e. The summed E-state index contributed by atoms with van der Waals surface area (Å²) in [6.07, 6.45) is 3.23. The Morgan fingerprint density at radius 2 is 2.21 bits per heavy atom. The van der Waals surface area contributed by atoms with Crippen LogP contribution < -0.4 is 4.73 Å². The molecule has 0 spiro atoms. The molecule has 1 saturated heterocycles. The summed E-state index contributed by atoms with van der Waals surface area (Å²) in [5, 5.41) is 18.1. The topological polar surface area (TPSA) is 74.3 Å². The molecular formula is C21H22N4O3. The van der Waals surface area contributed by atoms with Crippen LogP contribution in [0.5, 0.6) is 0 Å². The van der Waals surface area contributed by atoms with Gasteiger partial charge >= 0.3 is 0 Å². The molecule has 0 aliphatic carbocycles. The third-order valence-electron chi connectivity index (χ3n) is 5.84. The number of rotatable bonds is 2. The average Bonchev–Trinajstić information content (AvgIpc) is 3.35. The average molecular weight is 378 g/mol. The number of fused-ring (bicyclic) bond motifs is 2. The SMILES string of the molecule is CC(=O)N1CCc2c(c(-c3cccc4c3ccc[n+]4[O-])nn2[C@H]2CCOC2)C1. The van der Waals surface area contributed by atoms with Crippen LogP contribution in [0.15, 0.2) is 36.5 Å². The van der Waals surface area contributed by atoms with E-state index < -0.39 is 0 Å². The van der Waals surface area contributed by atoms with Gasteiger partial charge in [0.05, 0.1) is 23.7 Å². The second-order valence-electron chi connectivity index (χ2n) is 7.50. The van der Waals surface area contributed by atoms with Gasteiger partial charge in [-0.3, -0.25) is 9.48 Å². The number of benzene rings is 1. The molecule has 7 nitrogen and oxygen atoms in total. The van der Waals surface area contributed by atoms with Gasteiger partial charge in [0.25, 0.3) is 0 Å². The smallest absolute Gasteiger partial charge is 0.224 e. The predicted molar refractivity (Wildman–Crippen MR) is 103 cm³/mol. The van der Waals surface area contributed by atoms with Gasteiger partial charge in [-0.05, 0) is 12.5 Å². The third kappa shape index (κ3) is 2.65. The van der Waals surface area contributed by atoms with Gasteiger partial charge < -0.3 is 14.8 Å². The molecule has 2 aliphatic heterocycles. The van der Waals surface area contributed by atoms with Gasteiger partial charge in [0.15, 0.2) is 6.20 Å². The van der Waals surface area contributed by atoms with Crippen LogP contribution in [0.1, 0.15) is 30.6 Å². The Kier molecular flexibility index (Phi) is 4.05. The monoisotopic (exact) mass is 378 g/mol. The molecule has 4 heterocycles. The Bertz CT molecular complexity index is 1070. The lowest BCUT2D eigenvalue weighted by atomic mass is 9.98. The minimum atomic E-state index is 0.0730. The van der Waals surface area contributed by atoms with Gasteiger partial charge in [-0.15, -0.1) is 0 Å². The molecule has 3 aromatic rings. The first-order valence-corrected chi connectivity index (χ1v) is 9.68. The number of ether oxygens (including phenoxy) is 1. The van der Waals surface area contributed by atoms with E-state index in [0.717, 1.165) is 46.4 Å². The van der Waals surface area contributed by atoms with Crippen LogP contribution in [0, 0.1) is 5.21 Å². The normalized spacial score (nSPS) is 19.2. The first kappa shape index (κ1) is 17.2. The molecule has 0 unspecified atom stereocenters. The second kappa shape index (κ2) is 6.60. The number of carbonyl (C=O) groups is 1. The molecule has 2 aromatic heterocycles. The molecule has 0 radical (unpaired) electrons. The van der Waals surface area contributed by atoms with Crippen molar-refractivity contribution in [3.05, 3.63) is 53.0 Å². The van der Waals surface area contributed by atoms with Crippen molar-refractivity contribution in [1.82, 2.24) is 14.7 Å². The summed E-state index contributed by atoms with van der Waals surface area (Å²) in [6.45, 7) is 4.28. The van der Waals surface area contributed by atoms with Crippen LogP contribution in [-0.2, 0) is 22.5 Å². The van der Waals surface area contributed by atoms with E-state index in [1.165, 1.54) is 11.9 Å². The van der Waals surface area contributed by atoms with E-state index in [-0.39, 0.29) is 11.9 Å².